The second-order valence-electron chi connectivity index (χ2n) is 5.25. The van der Waals surface area contributed by atoms with Gasteiger partial charge in [0.05, 0.1) is 19.8 Å². The molecule has 2 rings (SSSR count). The topological polar surface area (TPSA) is 44.8 Å². The lowest BCUT2D eigenvalue weighted by atomic mass is 10.0. The molecule has 2 aliphatic heterocycles. The third-order valence-electron chi connectivity index (χ3n) is 3.93. The minimum atomic E-state index is 0.102. The van der Waals surface area contributed by atoms with Gasteiger partial charge in [-0.1, -0.05) is 6.08 Å². The van der Waals surface area contributed by atoms with E-state index in [1.165, 1.54) is 0 Å². The lowest BCUT2D eigenvalue weighted by Crippen LogP contribution is -2.50. The van der Waals surface area contributed by atoms with E-state index in [9.17, 15) is 4.79 Å². The maximum absolute atomic E-state index is 11.6. The first kappa shape index (κ1) is 14.5. The minimum Gasteiger partial charge on any atom is -0.379 e. The Morgan fingerprint density at radius 2 is 1.95 bits per heavy atom. The van der Waals surface area contributed by atoms with Crippen molar-refractivity contribution in [1.82, 2.24) is 15.1 Å². The molecule has 1 amide bonds. The summed E-state index contributed by atoms with van der Waals surface area (Å²) in [6.07, 6.45) is 4.03. The number of carbonyl (C=O) groups is 1. The molecule has 19 heavy (non-hydrogen) atoms. The quantitative estimate of drug-likeness (QED) is 0.717. The molecule has 2 aliphatic rings. The average molecular weight is 267 g/mol. The number of nitrogens with one attached hydrogen (secondary N) is 1. The Balaban J connectivity index is 1.67. The molecule has 0 aromatic heterocycles. The summed E-state index contributed by atoms with van der Waals surface area (Å²) in [5.74, 6) is 0.102. The molecular formula is C14H25N3O2. The third-order valence-corrected chi connectivity index (χ3v) is 3.93. The van der Waals surface area contributed by atoms with Gasteiger partial charge in [-0.15, -0.1) is 6.58 Å². The first-order valence-corrected chi connectivity index (χ1v) is 7.21. The van der Waals surface area contributed by atoms with E-state index in [-0.39, 0.29) is 5.91 Å². The van der Waals surface area contributed by atoms with Crippen LogP contribution in [0, 0.1) is 0 Å². The summed E-state index contributed by atoms with van der Waals surface area (Å²) in [4.78, 5) is 16.4. The molecule has 0 bridgehead atoms. The zero-order valence-electron chi connectivity index (χ0n) is 11.6. The van der Waals surface area contributed by atoms with Gasteiger partial charge in [0.15, 0.2) is 0 Å². The van der Waals surface area contributed by atoms with Crippen molar-refractivity contribution in [1.29, 1.82) is 0 Å². The number of carbonyl (C=O) groups excluding carboxylic acids is 1. The summed E-state index contributed by atoms with van der Waals surface area (Å²) in [7, 11) is 0. The molecule has 0 radical (unpaired) electrons. The van der Waals surface area contributed by atoms with Crippen LogP contribution in [0.25, 0.3) is 0 Å². The van der Waals surface area contributed by atoms with E-state index in [2.05, 4.69) is 21.7 Å². The Hall–Kier alpha value is -0.910. The number of likely N-dealkylation sites (tertiary alicyclic amines) is 1. The van der Waals surface area contributed by atoms with Crippen molar-refractivity contribution in [2.75, 3.05) is 52.5 Å². The first-order chi connectivity index (χ1) is 9.29. The summed E-state index contributed by atoms with van der Waals surface area (Å²) >= 11 is 0. The molecule has 1 N–H and O–H groups in total. The molecule has 0 spiro atoms. The maximum atomic E-state index is 11.6. The Kier molecular flexibility index (Phi) is 5.82. The van der Waals surface area contributed by atoms with Crippen LogP contribution in [0.4, 0.5) is 0 Å². The highest BCUT2D eigenvalue weighted by Crippen LogP contribution is 2.17. The Morgan fingerprint density at radius 3 is 2.58 bits per heavy atom. The molecule has 5 nitrogen and oxygen atoms in total. The number of hydrogen-bond donors (Lipinski definition) is 1. The zero-order valence-corrected chi connectivity index (χ0v) is 11.6. The van der Waals surface area contributed by atoms with Crippen molar-refractivity contribution < 1.29 is 9.53 Å². The number of piperidine rings is 1. The van der Waals surface area contributed by atoms with Crippen LogP contribution in [0.3, 0.4) is 0 Å². The molecule has 0 unspecified atom stereocenters. The monoisotopic (exact) mass is 267 g/mol. The Bertz CT molecular complexity index is 295. The van der Waals surface area contributed by atoms with E-state index < -0.39 is 0 Å². The lowest BCUT2D eigenvalue weighted by molar-refractivity contribution is -0.122. The molecule has 0 saturated carbocycles. The summed E-state index contributed by atoms with van der Waals surface area (Å²) in [5.41, 5.74) is 0. The number of amides is 1. The van der Waals surface area contributed by atoms with Crippen LogP contribution in [-0.4, -0.2) is 74.2 Å². The van der Waals surface area contributed by atoms with E-state index in [1.54, 1.807) is 6.08 Å². The van der Waals surface area contributed by atoms with Crippen LogP contribution in [0.1, 0.15) is 12.8 Å². The van der Waals surface area contributed by atoms with Gasteiger partial charge >= 0.3 is 0 Å². The fraction of sp³-hybridized carbons (Fsp3) is 0.786. The summed E-state index contributed by atoms with van der Waals surface area (Å²) in [6.45, 7) is 10.6. The number of ether oxygens (including phenoxy) is 1. The molecule has 0 atom stereocenters. The van der Waals surface area contributed by atoms with Gasteiger partial charge in [-0.2, -0.15) is 0 Å². The molecular weight excluding hydrogens is 242 g/mol. The van der Waals surface area contributed by atoms with Gasteiger partial charge in [-0.3, -0.25) is 14.6 Å². The molecule has 0 aromatic rings. The second-order valence-corrected chi connectivity index (χ2v) is 5.25. The number of morpholine rings is 1. The molecule has 0 aromatic carbocycles. The van der Waals surface area contributed by atoms with Gasteiger partial charge in [0.2, 0.25) is 5.91 Å². The number of hydrogen-bond acceptors (Lipinski definition) is 4. The zero-order chi connectivity index (χ0) is 13.5. The first-order valence-electron chi connectivity index (χ1n) is 7.21. The Labute approximate surface area is 115 Å². The van der Waals surface area contributed by atoms with Crippen molar-refractivity contribution in [3.05, 3.63) is 12.7 Å². The van der Waals surface area contributed by atoms with Crippen LogP contribution in [0.2, 0.25) is 0 Å². The van der Waals surface area contributed by atoms with Crippen LogP contribution in [-0.2, 0) is 9.53 Å². The van der Waals surface area contributed by atoms with Gasteiger partial charge in [0, 0.05) is 38.8 Å². The average Bonchev–Trinajstić information content (AvgIpc) is 2.47. The van der Waals surface area contributed by atoms with Gasteiger partial charge < -0.3 is 10.1 Å². The highest BCUT2D eigenvalue weighted by molar-refractivity contribution is 5.78. The van der Waals surface area contributed by atoms with E-state index in [4.69, 9.17) is 4.74 Å². The molecule has 5 heteroatoms. The fourth-order valence-corrected chi connectivity index (χ4v) is 2.83. The highest BCUT2D eigenvalue weighted by Gasteiger charge is 2.26. The van der Waals surface area contributed by atoms with E-state index in [0.29, 0.717) is 19.1 Å². The van der Waals surface area contributed by atoms with Crippen LogP contribution >= 0.6 is 0 Å². The van der Waals surface area contributed by atoms with E-state index in [1.807, 2.05) is 0 Å². The predicted molar refractivity (Wildman–Crippen MR) is 75.1 cm³/mol. The van der Waals surface area contributed by atoms with Gasteiger partial charge in [-0.25, -0.2) is 0 Å². The van der Waals surface area contributed by atoms with Crippen LogP contribution < -0.4 is 5.32 Å². The molecule has 0 aliphatic carbocycles. The van der Waals surface area contributed by atoms with Gasteiger partial charge in [-0.05, 0) is 12.8 Å². The van der Waals surface area contributed by atoms with E-state index in [0.717, 1.165) is 52.2 Å². The Morgan fingerprint density at radius 1 is 1.26 bits per heavy atom. The SMILES string of the molecule is C=CCNC(=O)CN1CCC(N2CCOCC2)CC1. The summed E-state index contributed by atoms with van der Waals surface area (Å²) in [6, 6.07) is 0.677. The van der Waals surface area contributed by atoms with Crippen LogP contribution in [0.5, 0.6) is 0 Å². The number of nitrogens with zero attached hydrogens (tertiary/aromatic N) is 2. The lowest BCUT2D eigenvalue weighted by Gasteiger charge is -2.39. The smallest absolute Gasteiger partial charge is 0.234 e. The highest BCUT2D eigenvalue weighted by atomic mass is 16.5. The molecule has 2 fully saturated rings. The van der Waals surface area contributed by atoms with Crippen molar-refractivity contribution >= 4 is 5.91 Å². The number of rotatable bonds is 5. The predicted octanol–water partition coefficient (Wildman–Crippen LogP) is 0.0852. The molecule has 2 saturated heterocycles. The maximum Gasteiger partial charge on any atom is 0.234 e. The minimum absolute atomic E-state index is 0.102. The van der Waals surface area contributed by atoms with Gasteiger partial charge in [0.1, 0.15) is 0 Å². The third kappa shape index (κ3) is 4.60. The van der Waals surface area contributed by atoms with E-state index >= 15 is 0 Å². The standard InChI is InChI=1S/C14H25N3O2/c1-2-5-15-14(18)12-16-6-3-13(4-7-16)17-8-10-19-11-9-17/h2,13H,1,3-12H2,(H,15,18). The summed E-state index contributed by atoms with van der Waals surface area (Å²) in [5, 5.41) is 2.83. The molecule has 108 valence electrons. The van der Waals surface area contributed by atoms with Crippen molar-refractivity contribution in [3.8, 4) is 0 Å². The van der Waals surface area contributed by atoms with Gasteiger partial charge in [0.25, 0.3) is 0 Å². The van der Waals surface area contributed by atoms with Crippen molar-refractivity contribution in [2.24, 2.45) is 0 Å². The largest absolute Gasteiger partial charge is 0.379 e. The molecule has 2 heterocycles. The van der Waals surface area contributed by atoms with Crippen molar-refractivity contribution in [2.45, 2.75) is 18.9 Å². The fourth-order valence-electron chi connectivity index (χ4n) is 2.83. The second kappa shape index (κ2) is 7.62. The van der Waals surface area contributed by atoms with Crippen molar-refractivity contribution in [3.63, 3.8) is 0 Å². The normalized spacial score (nSPS) is 23.2. The summed E-state index contributed by atoms with van der Waals surface area (Å²) < 4.78 is 5.39. The van der Waals surface area contributed by atoms with Crippen LogP contribution in [0.15, 0.2) is 12.7 Å².